The van der Waals surface area contributed by atoms with E-state index < -0.39 is 0 Å². The van der Waals surface area contributed by atoms with Crippen molar-refractivity contribution in [2.75, 3.05) is 40.0 Å². The molecule has 1 aromatic carbocycles. The minimum atomic E-state index is 0.654. The van der Waals surface area contributed by atoms with Crippen molar-refractivity contribution in [3.8, 4) is 11.5 Å². The van der Waals surface area contributed by atoms with Crippen LogP contribution >= 0.6 is 0 Å². The smallest absolute Gasteiger partial charge is 0.119 e. The van der Waals surface area contributed by atoms with Crippen LogP contribution < -0.4 is 14.8 Å². The second kappa shape index (κ2) is 10.6. The maximum absolute atomic E-state index is 5.59. The molecule has 0 bridgehead atoms. The third-order valence-corrected chi connectivity index (χ3v) is 2.67. The summed E-state index contributed by atoms with van der Waals surface area (Å²) in [6.45, 7) is 6.14. The van der Waals surface area contributed by atoms with E-state index >= 15 is 0 Å². The molecule has 0 fully saturated rings. The fourth-order valence-electron chi connectivity index (χ4n) is 1.53. The second-order valence-electron chi connectivity index (χ2n) is 4.24. The summed E-state index contributed by atoms with van der Waals surface area (Å²) in [4.78, 5) is 0. The van der Waals surface area contributed by atoms with Crippen LogP contribution in [0.2, 0.25) is 0 Å². The van der Waals surface area contributed by atoms with Crippen LogP contribution in [-0.2, 0) is 4.74 Å². The molecule has 0 aliphatic heterocycles. The van der Waals surface area contributed by atoms with Crippen molar-refractivity contribution in [3.63, 3.8) is 0 Å². The SMILES string of the molecule is CCCCOCCNCCOc1ccc(OC)cc1. The highest BCUT2D eigenvalue weighted by molar-refractivity contribution is 5.31. The first-order chi connectivity index (χ1) is 9.36. The first-order valence-electron chi connectivity index (χ1n) is 6.92. The van der Waals surface area contributed by atoms with E-state index in [1.54, 1.807) is 7.11 Å². The zero-order valence-corrected chi connectivity index (χ0v) is 12.0. The molecule has 1 aromatic rings. The third-order valence-electron chi connectivity index (χ3n) is 2.67. The fraction of sp³-hybridized carbons (Fsp3) is 0.600. The van der Waals surface area contributed by atoms with E-state index in [-0.39, 0.29) is 0 Å². The number of unbranched alkanes of at least 4 members (excludes halogenated alkanes) is 1. The highest BCUT2D eigenvalue weighted by Crippen LogP contribution is 2.16. The normalized spacial score (nSPS) is 10.4. The molecule has 4 heteroatoms. The highest BCUT2D eigenvalue weighted by Gasteiger charge is 1.95. The summed E-state index contributed by atoms with van der Waals surface area (Å²) in [5.74, 6) is 1.71. The van der Waals surface area contributed by atoms with Crippen molar-refractivity contribution >= 4 is 0 Å². The average Bonchev–Trinajstić information content (AvgIpc) is 2.46. The lowest BCUT2D eigenvalue weighted by atomic mass is 10.3. The van der Waals surface area contributed by atoms with Gasteiger partial charge in [-0.15, -0.1) is 0 Å². The number of nitrogens with one attached hydrogen (secondary N) is 1. The number of benzene rings is 1. The summed E-state index contributed by atoms with van der Waals surface area (Å²) < 4.78 is 16.1. The number of hydrogen-bond acceptors (Lipinski definition) is 4. The van der Waals surface area contributed by atoms with E-state index in [2.05, 4.69) is 12.2 Å². The van der Waals surface area contributed by atoms with Crippen LogP contribution in [0.4, 0.5) is 0 Å². The molecule has 0 spiro atoms. The van der Waals surface area contributed by atoms with Gasteiger partial charge >= 0.3 is 0 Å². The van der Waals surface area contributed by atoms with Crippen LogP contribution in [0.1, 0.15) is 19.8 Å². The highest BCUT2D eigenvalue weighted by atomic mass is 16.5. The van der Waals surface area contributed by atoms with Gasteiger partial charge in [-0.05, 0) is 30.7 Å². The predicted octanol–water partition coefficient (Wildman–Crippen LogP) is 2.48. The summed E-state index contributed by atoms with van der Waals surface area (Å²) in [6.07, 6.45) is 2.32. The Morgan fingerprint density at radius 1 is 0.947 bits per heavy atom. The van der Waals surface area contributed by atoms with E-state index in [4.69, 9.17) is 14.2 Å². The van der Waals surface area contributed by atoms with Gasteiger partial charge in [0.25, 0.3) is 0 Å². The second-order valence-corrected chi connectivity index (χ2v) is 4.24. The lowest BCUT2D eigenvalue weighted by molar-refractivity contribution is 0.132. The van der Waals surface area contributed by atoms with Gasteiger partial charge in [0.2, 0.25) is 0 Å². The molecule has 0 aliphatic carbocycles. The summed E-state index contributed by atoms with van der Waals surface area (Å²) in [5, 5.41) is 3.28. The molecule has 0 heterocycles. The molecular formula is C15H25NO3. The summed E-state index contributed by atoms with van der Waals surface area (Å²) >= 11 is 0. The van der Waals surface area contributed by atoms with Gasteiger partial charge in [-0.3, -0.25) is 0 Å². The Morgan fingerprint density at radius 3 is 2.32 bits per heavy atom. The van der Waals surface area contributed by atoms with Crippen molar-refractivity contribution in [1.29, 1.82) is 0 Å². The Bertz CT molecular complexity index is 314. The van der Waals surface area contributed by atoms with E-state index in [9.17, 15) is 0 Å². The van der Waals surface area contributed by atoms with Crippen molar-refractivity contribution in [3.05, 3.63) is 24.3 Å². The van der Waals surface area contributed by atoms with Crippen LogP contribution in [0.5, 0.6) is 11.5 Å². The van der Waals surface area contributed by atoms with Crippen molar-refractivity contribution in [1.82, 2.24) is 5.32 Å². The molecule has 1 N–H and O–H groups in total. The Balaban J connectivity index is 1.95. The maximum Gasteiger partial charge on any atom is 0.119 e. The molecule has 1 rings (SSSR count). The van der Waals surface area contributed by atoms with Gasteiger partial charge in [-0.25, -0.2) is 0 Å². The quantitative estimate of drug-likeness (QED) is 0.625. The van der Waals surface area contributed by atoms with E-state index in [1.807, 2.05) is 24.3 Å². The topological polar surface area (TPSA) is 39.7 Å². The standard InChI is InChI=1S/C15H25NO3/c1-3-4-11-18-12-9-16-10-13-19-15-7-5-14(17-2)6-8-15/h5-8,16H,3-4,9-13H2,1-2H3. The lowest BCUT2D eigenvalue weighted by Crippen LogP contribution is -2.25. The summed E-state index contributed by atoms with van der Waals surface area (Å²) in [5.41, 5.74) is 0. The Labute approximate surface area is 116 Å². The molecule has 108 valence electrons. The van der Waals surface area contributed by atoms with Gasteiger partial charge in [0.05, 0.1) is 13.7 Å². The van der Waals surface area contributed by atoms with E-state index in [0.717, 1.165) is 44.2 Å². The van der Waals surface area contributed by atoms with E-state index in [1.165, 1.54) is 6.42 Å². The molecule has 0 saturated carbocycles. The first kappa shape index (κ1) is 15.8. The zero-order chi connectivity index (χ0) is 13.8. The number of hydrogen-bond donors (Lipinski definition) is 1. The molecule has 0 amide bonds. The van der Waals surface area contributed by atoms with Crippen LogP contribution in [0, 0.1) is 0 Å². The molecule has 19 heavy (non-hydrogen) atoms. The molecule has 0 unspecified atom stereocenters. The molecule has 0 aliphatic rings. The van der Waals surface area contributed by atoms with Gasteiger partial charge in [0.15, 0.2) is 0 Å². The fourth-order valence-corrected chi connectivity index (χ4v) is 1.53. The molecule has 0 aromatic heterocycles. The summed E-state index contributed by atoms with van der Waals surface area (Å²) in [6, 6.07) is 7.61. The van der Waals surface area contributed by atoms with Crippen LogP contribution in [0.25, 0.3) is 0 Å². The largest absolute Gasteiger partial charge is 0.497 e. The first-order valence-corrected chi connectivity index (χ1v) is 6.92. The number of ether oxygens (including phenoxy) is 3. The minimum Gasteiger partial charge on any atom is -0.497 e. The van der Waals surface area contributed by atoms with Crippen molar-refractivity contribution in [2.45, 2.75) is 19.8 Å². The zero-order valence-electron chi connectivity index (χ0n) is 12.0. The number of rotatable bonds is 11. The van der Waals surface area contributed by atoms with Gasteiger partial charge in [0.1, 0.15) is 18.1 Å². The van der Waals surface area contributed by atoms with Crippen LogP contribution in [-0.4, -0.2) is 40.0 Å². The molecular weight excluding hydrogens is 242 g/mol. The molecule has 0 atom stereocenters. The predicted molar refractivity (Wildman–Crippen MR) is 77.1 cm³/mol. The van der Waals surface area contributed by atoms with Crippen molar-refractivity contribution < 1.29 is 14.2 Å². The van der Waals surface area contributed by atoms with Gasteiger partial charge < -0.3 is 19.5 Å². The summed E-state index contributed by atoms with van der Waals surface area (Å²) in [7, 11) is 1.66. The Hall–Kier alpha value is -1.26. The average molecular weight is 267 g/mol. The monoisotopic (exact) mass is 267 g/mol. The molecule has 0 saturated heterocycles. The Kier molecular flexibility index (Phi) is 8.85. The van der Waals surface area contributed by atoms with Gasteiger partial charge in [0, 0.05) is 19.7 Å². The van der Waals surface area contributed by atoms with Crippen molar-refractivity contribution in [2.24, 2.45) is 0 Å². The van der Waals surface area contributed by atoms with Crippen LogP contribution in [0.15, 0.2) is 24.3 Å². The number of methoxy groups -OCH3 is 1. The molecule has 0 radical (unpaired) electrons. The lowest BCUT2D eigenvalue weighted by Gasteiger charge is -2.08. The van der Waals surface area contributed by atoms with Gasteiger partial charge in [-0.1, -0.05) is 13.3 Å². The molecule has 4 nitrogen and oxygen atoms in total. The minimum absolute atomic E-state index is 0.654. The van der Waals surface area contributed by atoms with Gasteiger partial charge in [-0.2, -0.15) is 0 Å². The maximum atomic E-state index is 5.59. The van der Waals surface area contributed by atoms with E-state index in [0.29, 0.717) is 6.61 Å². The van der Waals surface area contributed by atoms with Crippen LogP contribution in [0.3, 0.4) is 0 Å². The third kappa shape index (κ3) is 7.70. The Morgan fingerprint density at radius 2 is 1.63 bits per heavy atom.